The second kappa shape index (κ2) is 6.41. The Morgan fingerprint density at radius 1 is 1.47 bits per heavy atom. The molecule has 0 radical (unpaired) electrons. The molecule has 0 aromatic rings. The fourth-order valence-corrected chi connectivity index (χ4v) is 0.952. The number of nitriles is 1. The maximum absolute atomic E-state index is 11.3. The molecule has 0 saturated heterocycles. The van der Waals surface area contributed by atoms with Crippen molar-refractivity contribution < 1.29 is 4.79 Å². The molecule has 4 heteroatoms. The first-order valence-electron chi connectivity index (χ1n) is 5.26. The summed E-state index contributed by atoms with van der Waals surface area (Å²) in [6.07, 6.45) is 0.454. The minimum Gasteiger partial charge on any atom is -0.355 e. The van der Waals surface area contributed by atoms with Crippen molar-refractivity contribution in [2.24, 2.45) is 5.92 Å². The molecule has 0 rings (SSSR count). The minimum absolute atomic E-state index is 0.00569. The van der Waals surface area contributed by atoms with Gasteiger partial charge in [0.1, 0.15) is 0 Å². The third-order valence-corrected chi connectivity index (χ3v) is 1.83. The second-order valence-electron chi connectivity index (χ2n) is 4.76. The Bertz CT molecular complexity index is 237. The molecule has 86 valence electrons. The van der Waals surface area contributed by atoms with Gasteiger partial charge in [-0.1, -0.05) is 0 Å². The van der Waals surface area contributed by atoms with Gasteiger partial charge in [-0.05, 0) is 27.7 Å². The van der Waals surface area contributed by atoms with E-state index in [1.54, 1.807) is 6.92 Å². The summed E-state index contributed by atoms with van der Waals surface area (Å²) in [6, 6.07) is 2.07. The van der Waals surface area contributed by atoms with Gasteiger partial charge in [-0.2, -0.15) is 5.26 Å². The summed E-state index contributed by atoms with van der Waals surface area (Å²) in [4.78, 5) is 11.3. The maximum atomic E-state index is 11.3. The number of hydrogen-bond acceptors (Lipinski definition) is 3. The third-order valence-electron chi connectivity index (χ3n) is 1.83. The lowest BCUT2D eigenvalue weighted by atomic mass is 10.1. The summed E-state index contributed by atoms with van der Waals surface area (Å²) >= 11 is 0. The van der Waals surface area contributed by atoms with Crippen LogP contribution in [0.15, 0.2) is 0 Å². The topological polar surface area (TPSA) is 64.9 Å². The van der Waals surface area contributed by atoms with Crippen molar-refractivity contribution in [3.8, 4) is 6.07 Å². The molecule has 0 aromatic heterocycles. The second-order valence-corrected chi connectivity index (χ2v) is 4.76. The predicted molar refractivity (Wildman–Crippen MR) is 60.2 cm³/mol. The van der Waals surface area contributed by atoms with Gasteiger partial charge in [0.2, 0.25) is 5.91 Å². The van der Waals surface area contributed by atoms with Crippen LogP contribution in [0.1, 0.15) is 34.1 Å². The summed E-state index contributed by atoms with van der Waals surface area (Å²) in [5.41, 5.74) is 0.0419. The Balaban J connectivity index is 3.55. The number of rotatable bonds is 5. The van der Waals surface area contributed by atoms with E-state index in [4.69, 9.17) is 5.26 Å². The van der Waals surface area contributed by atoms with Gasteiger partial charge in [0.25, 0.3) is 0 Å². The number of nitrogens with one attached hydrogen (secondary N) is 2. The Morgan fingerprint density at radius 3 is 2.53 bits per heavy atom. The van der Waals surface area contributed by atoms with Gasteiger partial charge in [0.05, 0.1) is 12.0 Å². The van der Waals surface area contributed by atoms with Crippen molar-refractivity contribution in [3.05, 3.63) is 0 Å². The predicted octanol–water partition coefficient (Wildman–Crippen LogP) is 1.04. The molecule has 4 nitrogen and oxygen atoms in total. The number of amides is 1. The lowest BCUT2D eigenvalue weighted by molar-refractivity contribution is -0.121. The minimum atomic E-state index is -0.121. The fraction of sp³-hybridized carbons (Fsp3) is 0.818. The molecular formula is C11H21N3O. The smallest absolute Gasteiger partial charge is 0.221 e. The van der Waals surface area contributed by atoms with Crippen LogP contribution in [0.4, 0.5) is 0 Å². The van der Waals surface area contributed by atoms with Gasteiger partial charge in [-0.3, -0.25) is 4.79 Å². The Hall–Kier alpha value is -1.08. The molecule has 1 amide bonds. The van der Waals surface area contributed by atoms with Crippen LogP contribution in [0.2, 0.25) is 0 Å². The van der Waals surface area contributed by atoms with E-state index < -0.39 is 0 Å². The molecule has 0 aliphatic heterocycles. The molecule has 1 atom stereocenters. The standard InChI is InChI=1S/C11H21N3O/c1-9(7-12)8-13-10(15)5-6-14-11(2,3)4/h9,14H,5-6,8H2,1-4H3,(H,13,15). The molecule has 0 heterocycles. The van der Waals surface area contributed by atoms with E-state index in [9.17, 15) is 4.79 Å². The Labute approximate surface area is 92.0 Å². The zero-order chi connectivity index (χ0) is 11.9. The molecule has 0 saturated carbocycles. The quantitative estimate of drug-likeness (QED) is 0.714. The normalized spacial score (nSPS) is 13.0. The largest absolute Gasteiger partial charge is 0.355 e. The zero-order valence-corrected chi connectivity index (χ0v) is 10.1. The first kappa shape index (κ1) is 13.9. The SMILES string of the molecule is CC(C#N)CNC(=O)CCNC(C)(C)C. The van der Waals surface area contributed by atoms with Crippen LogP contribution < -0.4 is 10.6 Å². The Kier molecular flexibility index (Phi) is 5.95. The molecule has 0 aliphatic carbocycles. The van der Waals surface area contributed by atoms with Crippen LogP contribution >= 0.6 is 0 Å². The van der Waals surface area contributed by atoms with Crippen LogP contribution in [-0.4, -0.2) is 24.5 Å². The summed E-state index contributed by atoms with van der Waals surface area (Å²) in [6.45, 7) is 9.06. The van der Waals surface area contributed by atoms with Crippen LogP contribution in [0.5, 0.6) is 0 Å². The molecule has 0 bridgehead atoms. The van der Waals surface area contributed by atoms with Gasteiger partial charge in [0, 0.05) is 25.0 Å². The van der Waals surface area contributed by atoms with E-state index >= 15 is 0 Å². The molecule has 0 fully saturated rings. The van der Waals surface area contributed by atoms with E-state index in [2.05, 4.69) is 37.5 Å². The highest BCUT2D eigenvalue weighted by atomic mass is 16.1. The Morgan fingerprint density at radius 2 is 2.07 bits per heavy atom. The zero-order valence-electron chi connectivity index (χ0n) is 10.1. The van der Waals surface area contributed by atoms with Crippen LogP contribution in [0.25, 0.3) is 0 Å². The lowest BCUT2D eigenvalue weighted by Gasteiger charge is -2.20. The van der Waals surface area contributed by atoms with E-state index in [1.807, 2.05) is 0 Å². The van der Waals surface area contributed by atoms with Crippen LogP contribution in [0, 0.1) is 17.2 Å². The molecule has 0 aliphatic rings. The van der Waals surface area contributed by atoms with E-state index in [1.165, 1.54) is 0 Å². The van der Waals surface area contributed by atoms with Crippen LogP contribution in [0.3, 0.4) is 0 Å². The van der Waals surface area contributed by atoms with Gasteiger partial charge in [0.15, 0.2) is 0 Å². The summed E-state index contributed by atoms with van der Waals surface area (Å²) in [5, 5.41) is 14.5. The monoisotopic (exact) mass is 211 g/mol. The first-order chi connectivity index (χ1) is 6.85. The van der Waals surface area contributed by atoms with Crippen molar-refractivity contribution in [1.29, 1.82) is 5.26 Å². The molecule has 0 spiro atoms. The van der Waals surface area contributed by atoms with Crippen molar-refractivity contribution >= 4 is 5.91 Å². The molecule has 1 unspecified atom stereocenters. The molecular weight excluding hydrogens is 190 g/mol. The number of hydrogen-bond donors (Lipinski definition) is 2. The van der Waals surface area contributed by atoms with Gasteiger partial charge >= 0.3 is 0 Å². The van der Waals surface area contributed by atoms with Crippen molar-refractivity contribution in [2.75, 3.05) is 13.1 Å². The van der Waals surface area contributed by atoms with Crippen LogP contribution in [-0.2, 0) is 4.79 Å². The van der Waals surface area contributed by atoms with Crippen molar-refractivity contribution in [3.63, 3.8) is 0 Å². The lowest BCUT2D eigenvalue weighted by Crippen LogP contribution is -2.39. The number of nitrogens with zero attached hydrogens (tertiary/aromatic N) is 1. The molecule has 15 heavy (non-hydrogen) atoms. The van der Waals surface area contributed by atoms with Gasteiger partial charge in [-0.15, -0.1) is 0 Å². The molecule has 0 aromatic carbocycles. The van der Waals surface area contributed by atoms with E-state index in [0.717, 1.165) is 0 Å². The van der Waals surface area contributed by atoms with E-state index in [-0.39, 0.29) is 17.4 Å². The summed E-state index contributed by atoms with van der Waals surface area (Å²) < 4.78 is 0. The highest BCUT2D eigenvalue weighted by molar-refractivity contribution is 5.76. The van der Waals surface area contributed by atoms with E-state index in [0.29, 0.717) is 19.5 Å². The highest BCUT2D eigenvalue weighted by Crippen LogP contribution is 1.97. The number of carbonyl (C=O) groups is 1. The van der Waals surface area contributed by atoms with Gasteiger partial charge < -0.3 is 10.6 Å². The fourth-order valence-electron chi connectivity index (χ4n) is 0.952. The first-order valence-corrected chi connectivity index (χ1v) is 5.26. The van der Waals surface area contributed by atoms with Gasteiger partial charge in [-0.25, -0.2) is 0 Å². The average molecular weight is 211 g/mol. The van der Waals surface area contributed by atoms with Crippen molar-refractivity contribution in [1.82, 2.24) is 10.6 Å². The average Bonchev–Trinajstić information content (AvgIpc) is 2.12. The molecule has 2 N–H and O–H groups in total. The maximum Gasteiger partial charge on any atom is 0.221 e. The highest BCUT2D eigenvalue weighted by Gasteiger charge is 2.09. The van der Waals surface area contributed by atoms with Crippen molar-refractivity contribution in [2.45, 2.75) is 39.7 Å². The third kappa shape index (κ3) is 9.23. The summed E-state index contributed by atoms with van der Waals surface area (Å²) in [7, 11) is 0. The summed E-state index contributed by atoms with van der Waals surface area (Å²) in [5.74, 6) is -0.127. The number of carbonyl (C=O) groups excluding carboxylic acids is 1.